The lowest BCUT2D eigenvalue weighted by Crippen LogP contribution is -2.48. The summed E-state index contributed by atoms with van der Waals surface area (Å²) in [4.78, 5) is 2.21. The van der Waals surface area contributed by atoms with Crippen molar-refractivity contribution in [3.63, 3.8) is 0 Å². The lowest BCUT2D eigenvalue weighted by atomic mass is 10.2. The SMILES string of the molecule is COc1cc(COC[C@H](O)CN2C[C@@H](C)O[C@@H](C)C2)cc(OC)c1OC. The number of ether oxygens (including phenoxy) is 5. The van der Waals surface area contributed by atoms with E-state index in [4.69, 9.17) is 23.7 Å². The van der Waals surface area contributed by atoms with E-state index in [1.165, 1.54) is 0 Å². The lowest BCUT2D eigenvalue weighted by Gasteiger charge is -2.36. The Morgan fingerprint density at radius 3 is 2.15 bits per heavy atom. The number of aliphatic hydroxyl groups excluding tert-OH is 1. The van der Waals surface area contributed by atoms with Crippen molar-refractivity contribution in [2.24, 2.45) is 0 Å². The molecule has 148 valence electrons. The number of rotatable bonds is 9. The Morgan fingerprint density at radius 1 is 1.08 bits per heavy atom. The quantitative estimate of drug-likeness (QED) is 0.710. The smallest absolute Gasteiger partial charge is 0.203 e. The van der Waals surface area contributed by atoms with Crippen LogP contribution in [0.2, 0.25) is 0 Å². The Morgan fingerprint density at radius 2 is 1.65 bits per heavy atom. The Balaban J connectivity index is 1.85. The third kappa shape index (κ3) is 5.74. The van der Waals surface area contributed by atoms with E-state index in [0.29, 0.717) is 30.4 Å². The molecule has 26 heavy (non-hydrogen) atoms. The van der Waals surface area contributed by atoms with E-state index in [1.807, 2.05) is 12.1 Å². The maximum Gasteiger partial charge on any atom is 0.203 e. The molecule has 1 aromatic carbocycles. The van der Waals surface area contributed by atoms with Crippen molar-refractivity contribution < 1.29 is 28.8 Å². The zero-order valence-electron chi connectivity index (χ0n) is 16.4. The van der Waals surface area contributed by atoms with Gasteiger partial charge in [-0.1, -0.05) is 0 Å². The van der Waals surface area contributed by atoms with E-state index < -0.39 is 6.10 Å². The highest BCUT2D eigenvalue weighted by atomic mass is 16.5. The Hall–Kier alpha value is -1.54. The van der Waals surface area contributed by atoms with E-state index in [0.717, 1.165) is 18.7 Å². The number of morpholine rings is 1. The predicted molar refractivity (Wildman–Crippen MR) is 98.2 cm³/mol. The third-order valence-corrected chi connectivity index (χ3v) is 4.27. The molecule has 0 radical (unpaired) electrons. The largest absolute Gasteiger partial charge is 0.493 e. The molecule has 1 fully saturated rings. The van der Waals surface area contributed by atoms with E-state index in [1.54, 1.807) is 21.3 Å². The van der Waals surface area contributed by atoms with Gasteiger partial charge in [0.05, 0.1) is 52.9 Å². The number of hydrogen-bond donors (Lipinski definition) is 1. The highest BCUT2D eigenvalue weighted by Gasteiger charge is 2.23. The van der Waals surface area contributed by atoms with Crippen LogP contribution >= 0.6 is 0 Å². The van der Waals surface area contributed by atoms with E-state index in [2.05, 4.69) is 18.7 Å². The molecule has 7 nitrogen and oxygen atoms in total. The number of β-amino-alcohol motifs (C(OH)–C–C–N with tert-alkyl or cyclic N) is 1. The van der Waals surface area contributed by atoms with Crippen LogP contribution < -0.4 is 14.2 Å². The van der Waals surface area contributed by atoms with Gasteiger partial charge in [0.25, 0.3) is 0 Å². The van der Waals surface area contributed by atoms with Crippen molar-refractivity contribution in [3.8, 4) is 17.2 Å². The number of aliphatic hydroxyl groups is 1. The van der Waals surface area contributed by atoms with Gasteiger partial charge in [-0.15, -0.1) is 0 Å². The Bertz CT molecular complexity index is 532. The second-order valence-electron chi connectivity index (χ2n) is 6.68. The summed E-state index contributed by atoms with van der Waals surface area (Å²) in [6.07, 6.45) is -0.174. The van der Waals surface area contributed by atoms with Crippen molar-refractivity contribution in [2.45, 2.75) is 38.8 Å². The maximum atomic E-state index is 10.3. The summed E-state index contributed by atoms with van der Waals surface area (Å²) in [6, 6.07) is 3.69. The van der Waals surface area contributed by atoms with Gasteiger partial charge < -0.3 is 28.8 Å². The minimum absolute atomic E-state index is 0.186. The standard InChI is InChI=1S/C19H31NO6/c1-13-8-20(9-14(2)26-13)10-16(21)12-25-11-15-6-17(22-3)19(24-5)18(7-15)23-4/h6-7,13-14,16,21H,8-12H2,1-5H3/t13-,14+,16-/m1/s1. The van der Waals surface area contributed by atoms with Crippen LogP contribution in [0.15, 0.2) is 12.1 Å². The summed E-state index contributed by atoms with van der Waals surface area (Å²) >= 11 is 0. The summed E-state index contributed by atoms with van der Waals surface area (Å²) in [5.41, 5.74) is 0.889. The first kappa shape index (κ1) is 20.8. The number of methoxy groups -OCH3 is 3. The second kappa shape index (κ2) is 9.97. The zero-order chi connectivity index (χ0) is 19.1. The summed E-state index contributed by atoms with van der Waals surface area (Å²) in [5.74, 6) is 1.72. The molecule has 0 spiro atoms. The highest BCUT2D eigenvalue weighted by Crippen LogP contribution is 2.38. The maximum absolute atomic E-state index is 10.3. The van der Waals surface area contributed by atoms with Gasteiger partial charge in [0.15, 0.2) is 11.5 Å². The van der Waals surface area contributed by atoms with Gasteiger partial charge in [0.1, 0.15) is 0 Å². The monoisotopic (exact) mass is 369 g/mol. The Labute approximate surface area is 155 Å². The molecule has 0 bridgehead atoms. The van der Waals surface area contributed by atoms with Gasteiger partial charge in [-0.3, -0.25) is 4.90 Å². The molecule has 1 N–H and O–H groups in total. The lowest BCUT2D eigenvalue weighted by molar-refractivity contribution is -0.0826. The average molecular weight is 369 g/mol. The van der Waals surface area contributed by atoms with Gasteiger partial charge in [-0.2, -0.15) is 0 Å². The summed E-state index contributed by atoms with van der Waals surface area (Å²) in [6.45, 7) is 6.95. The van der Waals surface area contributed by atoms with E-state index >= 15 is 0 Å². The molecular weight excluding hydrogens is 338 g/mol. The second-order valence-corrected chi connectivity index (χ2v) is 6.68. The number of nitrogens with zero attached hydrogens (tertiary/aromatic N) is 1. The molecule has 1 aliphatic heterocycles. The van der Waals surface area contributed by atoms with Gasteiger partial charge in [0, 0.05) is 19.6 Å². The highest BCUT2D eigenvalue weighted by molar-refractivity contribution is 5.53. The fraction of sp³-hybridized carbons (Fsp3) is 0.684. The predicted octanol–water partition coefficient (Wildman–Crippen LogP) is 1.70. The molecule has 1 aliphatic rings. The van der Waals surface area contributed by atoms with Crippen molar-refractivity contribution in [2.75, 3.05) is 47.6 Å². The van der Waals surface area contributed by atoms with Crippen LogP contribution in [0.4, 0.5) is 0 Å². The average Bonchev–Trinajstić information content (AvgIpc) is 2.59. The normalized spacial score (nSPS) is 22.1. The van der Waals surface area contributed by atoms with E-state index in [9.17, 15) is 5.11 Å². The molecule has 0 aromatic heterocycles. The fourth-order valence-corrected chi connectivity index (χ4v) is 3.32. The minimum Gasteiger partial charge on any atom is -0.493 e. The van der Waals surface area contributed by atoms with Gasteiger partial charge >= 0.3 is 0 Å². The molecule has 0 unspecified atom stereocenters. The molecule has 1 saturated heterocycles. The third-order valence-electron chi connectivity index (χ3n) is 4.27. The van der Waals surface area contributed by atoms with Crippen molar-refractivity contribution >= 4 is 0 Å². The van der Waals surface area contributed by atoms with Gasteiger partial charge in [-0.25, -0.2) is 0 Å². The van der Waals surface area contributed by atoms with Crippen molar-refractivity contribution in [3.05, 3.63) is 17.7 Å². The molecule has 0 saturated carbocycles. The van der Waals surface area contributed by atoms with Crippen LogP contribution in [0.3, 0.4) is 0 Å². The van der Waals surface area contributed by atoms with Crippen LogP contribution in [0.25, 0.3) is 0 Å². The summed E-state index contributed by atoms with van der Waals surface area (Å²) < 4.78 is 27.4. The van der Waals surface area contributed by atoms with Crippen LogP contribution in [-0.4, -0.2) is 75.9 Å². The molecular formula is C19H31NO6. The summed E-state index contributed by atoms with van der Waals surface area (Å²) in [5, 5.41) is 10.3. The first-order valence-corrected chi connectivity index (χ1v) is 8.89. The van der Waals surface area contributed by atoms with Crippen LogP contribution in [0.5, 0.6) is 17.2 Å². The molecule has 1 aromatic rings. The number of hydrogen-bond acceptors (Lipinski definition) is 7. The zero-order valence-corrected chi connectivity index (χ0v) is 16.4. The molecule has 0 amide bonds. The molecule has 1 heterocycles. The molecule has 0 aliphatic carbocycles. The van der Waals surface area contributed by atoms with Crippen molar-refractivity contribution in [1.82, 2.24) is 4.90 Å². The van der Waals surface area contributed by atoms with Gasteiger partial charge in [0.2, 0.25) is 5.75 Å². The fourth-order valence-electron chi connectivity index (χ4n) is 3.32. The Kier molecular flexibility index (Phi) is 7.96. The van der Waals surface area contributed by atoms with Gasteiger partial charge in [-0.05, 0) is 31.5 Å². The number of benzene rings is 1. The van der Waals surface area contributed by atoms with Crippen LogP contribution in [0, 0.1) is 0 Å². The summed E-state index contributed by atoms with van der Waals surface area (Å²) in [7, 11) is 4.73. The van der Waals surface area contributed by atoms with Crippen molar-refractivity contribution in [1.29, 1.82) is 0 Å². The molecule has 7 heteroatoms. The molecule has 2 rings (SSSR count). The first-order valence-electron chi connectivity index (χ1n) is 8.89. The first-order chi connectivity index (χ1) is 12.5. The van der Waals surface area contributed by atoms with E-state index in [-0.39, 0.29) is 18.8 Å². The topological polar surface area (TPSA) is 69.6 Å². The van der Waals surface area contributed by atoms with Crippen LogP contribution in [-0.2, 0) is 16.1 Å². The molecule has 3 atom stereocenters. The minimum atomic E-state index is -0.547. The van der Waals surface area contributed by atoms with Crippen LogP contribution in [0.1, 0.15) is 19.4 Å².